The number of urea groups is 1. The number of anilines is 1. The quantitative estimate of drug-likeness (QED) is 0.384. The van der Waals surface area contributed by atoms with Crippen LogP contribution in [-0.2, 0) is 0 Å². The molecule has 8 nitrogen and oxygen atoms in total. The summed E-state index contributed by atoms with van der Waals surface area (Å²) in [6.45, 7) is 0. The van der Waals surface area contributed by atoms with Gasteiger partial charge in [-0.2, -0.15) is 0 Å². The molecule has 0 fully saturated rings. The third kappa shape index (κ3) is 5.07. The highest BCUT2D eigenvalue weighted by atomic mass is 35.5. The zero-order valence-electron chi connectivity index (χ0n) is 17.9. The number of hydrogen-bond donors (Lipinski definition) is 2. The van der Waals surface area contributed by atoms with Gasteiger partial charge in [0.1, 0.15) is 17.5 Å². The molecule has 3 aromatic carbocycles. The molecule has 0 radical (unpaired) electrons. The molecule has 0 aliphatic heterocycles. The molecular formula is C24H21ClN4O4. The van der Waals surface area contributed by atoms with Gasteiger partial charge in [-0.05, 0) is 29.8 Å². The summed E-state index contributed by atoms with van der Waals surface area (Å²) in [6, 6.07) is 20.4. The highest BCUT2D eigenvalue weighted by molar-refractivity contribution is 6.33. The number of nitrogens with one attached hydrogen (secondary N) is 2. The first kappa shape index (κ1) is 22.2. The van der Waals surface area contributed by atoms with E-state index in [1.165, 1.54) is 7.11 Å². The molecule has 1 aromatic heterocycles. The van der Waals surface area contributed by atoms with E-state index in [9.17, 15) is 4.79 Å². The zero-order chi connectivity index (χ0) is 23.2. The second kappa shape index (κ2) is 10.1. The van der Waals surface area contributed by atoms with Crippen LogP contribution in [-0.4, -0.2) is 30.4 Å². The molecule has 168 valence electrons. The van der Waals surface area contributed by atoms with Crippen LogP contribution in [0.2, 0.25) is 5.02 Å². The molecule has 2 amide bonds. The number of aromatic nitrogens is 2. The molecule has 33 heavy (non-hydrogen) atoms. The van der Waals surface area contributed by atoms with Gasteiger partial charge in [-0.1, -0.05) is 54.1 Å². The maximum Gasteiger partial charge on any atom is 0.320 e. The van der Waals surface area contributed by atoms with Crippen molar-refractivity contribution in [2.24, 2.45) is 0 Å². The molecule has 0 saturated heterocycles. The van der Waals surface area contributed by atoms with Crippen molar-refractivity contribution in [1.29, 1.82) is 0 Å². The van der Waals surface area contributed by atoms with Crippen LogP contribution in [0.3, 0.4) is 0 Å². The molecule has 0 unspecified atom stereocenters. The second-order valence-corrected chi connectivity index (χ2v) is 7.34. The lowest BCUT2D eigenvalue weighted by Gasteiger charge is -2.17. The summed E-state index contributed by atoms with van der Waals surface area (Å²) in [6.07, 6.45) is 0. The van der Waals surface area contributed by atoms with Crippen molar-refractivity contribution in [2.75, 3.05) is 19.5 Å². The summed E-state index contributed by atoms with van der Waals surface area (Å²) >= 11 is 6.26. The van der Waals surface area contributed by atoms with E-state index < -0.39 is 12.1 Å². The van der Waals surface area contributed by atoms with E-state index in [0.29, 0.717) is 27.8 Å². The number of halogens is 1. The van der Waals surface area contributed by atoms with E-state index in [1.54, 1.807) is 37.4 Å². The third-order valence-corrected chi connectivity index (χ3v) is 5.19. The van der Waals surface area contributed by atoms with E-state index in [2.05, 4.69) is 20.8 Å². The number of benzene rings is 3. The van der Waals surface area contributed by atoms with Gasteiger partial charge in [0.05, 0.1) is 30.5 Å². The Morgan fingerprint density at radius 1 is 0.970 bits per heavy atom. The SMILES string of the molecule is COc1ccc(NC(=O)N[C@H](c2ccccc2)c2nnc(-c3ccccc3Cl)o2)c(OC)c1. The number of amides is 2. The highest BCUT2D eigenvalue weighted by Crippen LogP contribution is 2.31. The fourth-order valence-electron chi connectivity index (χ4n) is 3.22. The Morgan fingerprint density at radius 3 is 2.45 bits per heavy atom. The average molecular weight is 465 g/mol. The predicted octanol–water partition coefficient (Wildman–Crippen LogP) is 5.32. The summed E-state index contributed by atoms with van der Waals surface area (Å²) in [7, 11) is 3.07. The van der Waals surface area contributed by atoms with E-state index in [4.69, 9.17) is 25.5 Å². The van der Waals surface area contributed by atoms with E-state index >= 15 is 0 Å². The number of carbonyl (C=O) groups excluding carboxylic acids is 1. The van der Waals surface area contributed by atoms with Gasteiger partial charge in [-0.25, -0.2) is 4.79 Å². The molecule has 4 aromatic rings. The zero-order valence-corrected chi connectivity index (χ0v) is 18.7. The lowest BCUT2D eigenvalue weighted by molar-refractivity contribution is 0.248. The Labute approximate surface area is 195 Å². The minimum absolute atomic E-state index is 0.216. The molecule has 4 rings (SSSR count). The maximum absolute atomic E-state index is 12.9. The smallest absolute Gasteiger partial charge is 0.320 e. The highest BCUT2D eigenvalue weighted by Gasteiger charge is 2.24. The van der Waals surface area contributed by atoms with Crippen LogP contribution in [0.15, 0.2) is 77.2 Å². The van der Waals surface area contributed by atoms with E-state index in [-0.39, 0.29) is 11.8 Å². The van der Waals surface area contributed by atoms with Crippen LogP contribution in [0, 0.1) is 0 Å². The molecule has 1 atom stereocenters. The summed E-state index contributed by atoms with van der Waals surface area (Å²) in [5.74, 6) is 1.54. The first-order chi connectivity index (χ1) is 16.1. The van der Waals surface area contributed by atoms with Crippen LogP contribution in [0.5, 0.6) is 11.5 Å². The molecule has 0 saturated carbocycles. The molecule has 0 aliphatic carbocycles. The Balaban J connectivity index is 1.60. The molecule has 0 spiro atoms. The number of rotatable bonds is 7. The summed E-state index contributed by atoms with van der Waals surface area (Å²) in [5.41, 5.74) is 1.85. The Morgan fingerprint density at radius 2 is 1.73 bits per heavy atom. The van der Waals surface area contributed by atoms with Gasteiger partial charge in [0.15, 0.2) is 0 Å². The summed E-state index contributed by atoms with van der Waals surface area (Å²) in [4.78, 5) is 12.9. The summed E-state index contributed by atoms with van der Waals surface area (Å²) < 4.78 is 16.5. The topological polar surface area (TPSA) is 98.5 Å². The van der Waals surface area contributed by atoms with Crippen molar-refractivity contribution in [1.82, 2.24) is 15.5 Å². The van der Waals surface area contributed by atoms with Gasteiger partial charge in [0.25, 0.3) is 0 Å². The van der Waals surface area contributed by atoms with Crippen LogP contribution in [0.4, 0.5) is 10.5 Å². The second-order valence-electron chi connectivity index (χ2n) is 6.93. The van der Waals surface area contributed by atoms with Crippen molar-refractivity contribution < 1.29 is 18.7 Å². The fourth-order valence-corrected chi connectivity index (χ4v) is 3.44. The predicted molar refractivity (Wildman–Crippen MR) is 125 cm³/mol. The molecular weight excluding hydrogens is 444 g/mol. The number of methoxy groups -OCH3 is 2. The van der Waals surface area contributed by atoms with Crippen molar-refractivity contribution in [3.05, 3.63) is 89.3 Å². The molecule has 2 N–H and O–H groups in total. The average Bonchev–Trinajstić information content (AvgIpc) is 3.33. The largest absolute Gasteiger partial charge is 0.497 e. The summed E-state index contributed by atoms with van der Waals surface area (Å²) in [5, 5.41) is 14.5. The van der Waals surface area contributed by atoms with Gasteiger partial charge in [0.2, 0.25) is 11.8 Å². The number of carbonyl (C=O) groups is 1. The molecule has 1 heterocycles. The molecule has 0 aliphatic rings. The lowest BCUT2D eigenvalue weighted by atomic mass is 10.1. The normalized spacial score (nSPS) is 11.5. The Hall–Kier alpha value is -4.04. The standard InChI is InChI=1S/C24H21ClN4O4/c1-31-16-12-13-19(20(14-16)32-2)26-24(30)27-21(15-8-4-3-5-9-15)23-29-28-22(33-23)17-10-6-7-11-18(17)25/h3-14,21H,1-2H3,(H2,26,27,30)/t21-/m1/s1. The van der Waals surface area contributed by atoms with Crippen molar-refractivity contribution in [2.45, 2.75) is 6.04 Å². The number of nitrogens with zero attached hydrogens (tertiary/aromatic N) is 2. The van der Waals surface area contributed by atoms with Crippen LogP contribution < -0.4 is 20.1 Å². The fraction of sp³-hybridized carbons (Fsp3) is 0.125. The van der Waals surface area contributed by atoms with Crippen LogP contribution >= 0.6 is 11.6 Å². The van der Waals surface area contributed by atoms with Gasteiger partial charge < -0.3 is 24.5 Å². The number of hydrogen-bond acceptors (Lipinski definition) is 6. The number of ether oxygens (including phenoxy) is 2. The van der Waals surface area contributed by atoms with Gasteiger partial charge >= 0.3 is 6.03 Å². The Kier molecular flexibility index (Phi) is 6.75. The van der Waals surface area contributed by atoms with Crippen molar-refractivity contribution in [3.8, 4) is 23.0 Å². The minimum Gasteiger partial charge on any atom is -0.497 e. The first-order valence-corrected chi connectivity index (χ1v) is 10.4. The Bertz CT molecular complexity index is 1250. The van der Waals surface area contributed by atoms with E-state index in [0.717, 1.165) is 5.56 Å². The van der Waals surface area contributed by atoms with Gasteiger partial charge in [0, 0.05) is 6.07 Å². The van der Waals surface area contributed by atoms with E-state index in [1.807, 2.05) is 42.5 Å². The van der Waals surface area contributed by atoms with Gasteiger partial charge in [-0.15, -0.1) is 10.2 Å². The van der Waals surface area contributed by atoms with Crippen molar-refractivity contribution >= 4 is 23.3 Å². The van der Waals surface area contributed by atoms with Gasteiger partial charge in [-0.3, -0.25) is 0 Å². The monoisotopic (exact) mass is 464 g/mol. The lowest BCUT2D eigenvalue weighted by Crippen LogP contribution is -2.33. The minimum atomic E-state index is -0.695. The van der Waals surface area contributed by atoms with Crippen molar-refractivity contribution in [3.63, 3.8) is 0 Å². The maximum atomic E-state index is 12.9. The third-order valence-electron chi connectivity index (χ3n) is 4.86. The van der Waals surface area contributed by atoms with Crippen LogP contribution in [0.1, 0.15) is 17.5 Å². The molecule has 9 heteroatoms. The van der Waals surface area contributed by atoms with Crippen LogP contribution in [0.25, 0.3) is 11.5 Å². The molecule has 0 bridgehead atoms. The first-order valence-electron chi connectivity index (χ1n) is 10.0.